The number of carbonyl (C=O) groups excluding carboxylic acids is 1. The first kappa shape index (κ1) is 16.7. The Morgan fingerprint density at radius 2 is 2.14 bits per heavy atom. The zero-order chi connectivity index (χ0) is 15.6. The van der Waals surface area contributed by atoms with Crippen LogP contribution < -0.4 is 15.8 Å². The molecular formula is C16H24N2O4. The van der Waals surface area contributed by atoms with Gasteiger partial charge in [0, 0.05) is 18.8 Å². The fraction of sp³-hybridized carbons (Fsp3) is 0.562. The van der Waals surface area contributed by atoms with Crippen LogP contribution in [-0.4, -0.2) is 45.0 Å². The minimum absolute atomic E-state index is 0.0667. The molecule has 122 valence electrons. The maximum Gasteiger partial charge on any atom is 0.226 e. The van der Waals surface area contributed by atoms with Crippen molar-refractivity contribution in [2.45, 2.75) is 25.4 Å². The van der Waals surface area contributed by atoms with Crippen LogP contribution >= 0.6 is 0 Å². The number of nitrogens with two attached hydrogens (primary N) is 1. The Balaban J connectivity index is 1.61. The summed E-state index contributed by atoms with van der Waals surface area (Å²) in [6.45, 7) is 2.75. The average molecular weight is 308 g/mol. The summed E-state index contributed by atoms with van der Waals surface area (Å²) in [5.41, 5.74) is 6.11. The smallest absolute Gasteiger partial charge is 0.226 e. The third-order valence-electron chi connectivity index (χ3n) is 3.33. The van der Waals surface area contributed by atoms with Gasteiger partial charge >= 0.3 is 0 Å². The SMILES string of the molecule is NCCOc1ccc(NC(=O)CCOCC2CCCO2)cc1. The van der Waals surface area contributed by atoms with Crippen LogP contribution in [0.3, 0.4) is 0 Å². The number of hydrogen-bond acceptors (Lipinski definition) is 5. The molecule has 1 atom stereocenters. The number of nitrogens with one attached hydrogen (secondary N) is 1. The van der Waals surface area contributed by atoms with Crippen LogP contribution in [0.4, 0.5) is 5.69 Å². The monoisotopic (exact) mass is 308 g/mol. The summed E-state index contributed by atoms with van der Waals surface area (Å²) in [6.07, 6.45) is 2.67. The van der Waals surface area contributed by atoms with Crippen molar-refractivity contribution in [3.63, 3.8) is 0 Å². The van der Waals surface area contributed by atoms with Gasteiger partial charge in [0.25, 0.3) is 0 Å². The van der Waals surface area contributed by atoms with E-state index < -0.39 is 0 Å². The highest BCUT2D eigenvalue weighted by Gasteiger charge is 2.15. The highest BCUT2D eigenvalue weighted by atomic mass is 16.5. The van der Waals surface area contributed by atoms with E-state index >= 15 is 0 Å². The minimum Gasteiger partial charge on any atom is -0.492 e. The predicted octanol–water partition coefficient (Wildman–Crippen LogP) is 1.55. The molecule has 3 N–H and O–H groups in total. The number of ether oxygens (including phenoxy) is 3. The topological polar surface area (TPSA) is 82.8 Å². The van der Waals surface area contributed by atoms with Gasteiger partial charge in [-0.25, -0.2) is 0 Å². The van der Waals surface area contributed by atoms with Gasteiger partial charge in [0.05, 0.1) is 25.7 Å². The van der Waals surface area contributed by atoms with E-state index in [1.807, 2.05) is 0 Å². The summed E-state index contributed by atoms with van der Waals surface area (Å²) in [5.74, 6) is 0.673. The van der Waals surface area contributed by atoms with Crippen molar-refractivity contribution in [1.29, 1.82) is 0 Å². The third-order valence-corrected chi connectivity index (χ3v) is 3.33. The molecule has 1 aromatic carbocycles. The maximum atomic E-state index is 11.8. The molecule has 1 amide bonds. The van der Waals surface area contributed by atoms with E-state index in [2.05, 4.69) is 5.32 Å². The molecule has 0 radical (unpaired) electrons. The first-order valence-corrected chi connectivity index (χ1v) is 7.70. The number of hydrogen-bond donors (Lipinski definition) is 2. The van der Waals surface area contributed by atoms with Crippen molar-refractivity contribution in [3.05, 3.63) is 24.3 Å². The molecule has 0 aliphatic carbocycles. The molecule has 1 saturated heterocycles. The summed E-state index contributed by atoms with van der Waals surface area (Å²) < 4.78 is 16.3. The molecule has 1 aliphatic heterocycles. The molecular weight excluding hydrogens is 284 g/mol. The quantitative estimate of drug-likeness (QED) is 0.676. The van der Waals surface area contributed by atoms with Gasteiger partial charge in [-0.05, 0) is 37.1 Å². The Morgan fingerprint density at radius 1 is 1.32 bits per heavy atom. The van der Waals surface area contributed by atoms with E-state index in [0.717, 1.165) is 30.9 Å². The van der Waals surface area contributed by atoms with Gasteiger partial charge < -0.3 is 25.3 Å². The summed E-state index contributed by atoms with van der Waals surface area (Å²) in [4.78, 5) is 11.8. The lowest BCUT2D eigenvalue weighted by molar-refractivity contribution is -0.117. The van der Waals surface area contributed by atoms with Crippen molar-refractivity contribution in [3.8, 4) is 5.75 Å². The van der Waals surface area contributed by atoms with Crippen LogP contribution in [0.25, 0.3) is 0 Å². The Hall–Kier alpha value is -1.63. The van der Waals surface area contributed by atoms with Gasteiger partial charge in [-0.15, -0.1) is 0 Å². The first-order valence-electron chi connectivity index (χ1n) is 7.70. The van der Waals surface area contributed by atoms with Crippen LogP contribution in [0.15, 0.2) is 24.3 Å². The second kappa shape index (κ2) is 9.40. The summed E-state index contributed by atoms with van der Waals surface area (Å²) in [6, 6.07) is 7.21. The standard InChI is InChI=1S/C16H24N2O4/c17-8-11-22-14-5-3-13(4-6-14)18-16(19)7-10-20-12-15-2-1-9-21-15/h3-6,15H,1-2,7-12,17H2,(H,18,19). The highest BCUT2D eigenvalue weighted by Crippen LogP contribution is 2.16. The summed E-state index contributed by atoms with van der Waals surface area (Å²) in [7, 11) is 0. The zero-order valence-electron chi connectivity index (χ0n) is 12.8. The Kier molecular flexibility index (Phi) is 7.15. The van der Waals surface area contributed by atoms with Crippen LogP contribution in [0.5, 0.6) is 5.75 Å². The predicted molar refractivity (Wildman–Crippen MR) is 84.0 cm³/mol. The molecule has 1 aromatic rings. The fourth-order valence-corrected chi connectivity index (χ4v) is 2.19. The molecule has 0 aromatic heterocycles. The molecule has 0 bridgehead atoms. The van der Waals surface area contributed by atoms with Gasteiger partial charge in [0.2, 0.25) is 5.91 Å². The van der Waals surface area contributed by atoms with E-state index in [1.54, 1.807) is 24.3 Å². The van der Waals surface area contributed by atoms with Crippen LogP contribution in [-0.2, 0) is 14.3 Å². The van der Waals surface area contributed by atoms with Crippen LogP contribution in [0.1, 0.15) is 19.3 Å². The number of anilines is 1. The van der Waals surface area contributed by atoms with Crippen molar-refractivity contribution in [2.24, 2.45) is 5.73 Å². The molecule has 6 heteroatoms. The Labute approximate surface area is 130 Å². The van der Waals surface area contributed by atoms with Crippen molar-refractivity contribution >= 4 is 11.6 Å². The Morgan fingerprint density at radius 3 is 2.82 bits per heavy atom. The molecule has 0 spiro atoms. The molecule has 22 heavy (non-hydrogen) atoms. The second-order valence-corrected chi connectivity index (χ2v) is 5.17. The van der Waals surface area contributed by atoms with Crippen LogP contribution in [0.2, 0.25) is 0 Å². The molecule has 1 heterocycles. The maximum absolute atomic E-state index is 11.8. The van der Waals surface area contributed by atoms with E-state index in [-0.39, 0.29) is 12.0 Å². The molecule has 1 fully saturated rings. The largest absolute Gasteiger partial charge is 0.492 e. The van der Waals surface area contributed by atoms with Crippen molar-refractivity contribution in [2.75, 3.05) is 38.3 Å². The van der Waals surface area contributed by atoms with Gasteiger partial charge in [-0.1, -0.05) is 0 Å². The van der Waals surface area contributed by atoms with Gasteiger partial charge in [-0.2, -0.15) is 0 Å². The normalized spacial score (nSPS) is 17.4. The van der Waals surface area contributed by atoms with Gasteiger partial charge in [0.15, 0.2) is 0 Å². The highest BCUT2D eigenvalue weighted by molar-refractivity contribution is 5.90. The summed E-state index contributed by atoms with van der Waals surface area (Å²) in [5, 5.41) is 2.82. The van der Waals surface area contributed by atoms with Crippen LogP contribution in [0, 0.1) is 0 Å². The number of benzene rings is 1. The first-order chi connectivity index (χ1) is 10.8. The van der Waals surface area contributed by atoms with E-state index in [1.165, 1.54) is 0 Å². The fourth-order valence-electron chi connectivity index (χ4n) is 2.19. The lowest BCUT2D eigenvalue weighted by Crippen LogP contribution is -2.18. The number of amides is 1. The number of rotatable bonds is 9. The Bertz CT molecular complexity index is 444. The lowest BCUT2D eigenvalue weighted by Gasteiger charge is -2.10. The molecule has 6 nitrogen and oxygen atoms in total. The lowest BCUT2D eigenvalue weighted by atomic mass is 10.2. The molecule has 1 aliphatic rings. The van der Waals surface area contributed by atoms with Gasteiger partial charge in [-0.3, -0.25) is 4.79 Å². The van der Waals surface area contributed by atoms with Gasteiger partial charge in [0.1, 0.15) is 12.4 Å². The zero-order valence-corrected chi connectivity index (χ0v) is 12.8. The van der Waals surface area contributed by atoms with Crippen molar-refractivity contribution < 1.29 is 19.0 Å². The number of carbonyl (C=O) groups is 1. The minimum atomic E-state index is -0.0667. The van der Waals surface area contributed by atoms with E-state index in [9.17, 15) is 4.79 Å². The van der Waals surface area contributed by atoms with E-state index in [4.69, 9.17) is 19.9 Å². The molecule has 1 unspecified atom stereocenters. The molecule has 0 saturated carbocycles. The average Bonchev–Trinajstić information content (AvgIpc) is 3.04. The molecule has 2 rings (SSSR count). The van der Waals surface area contributed by atoms with Crippen molar-refractivity contribution in [1.82, 2.24) is 0 Å². The summed E-state index contributed by atoms with van der Waals surface area (Å²) >= 11 is 0. The van der Waals surface area contributed by atoms with E-state index in [0.29, 0.717) is 32.8 Å². The second-order valence-electron chi connectivity index (χ2n) is 5.17. The third kappa shape index (κ3) is 6.01.